The van der Waals surface area contributed by atoms with Crippen LogP contribution >= 0.6 is 0 Å². The highest BCUT2D eigenvalue weighted by molar-refractivity contribution is 5.96. The monoisotopic (exact) mass is 421 g/mol. The first-order valence-electron chi connectivity index (χ1n) is 11.1. The van der Waals surface area contributed by atoms with Crippen molar-refractivity contribution in [3.8, 4) is 0 Å². The van der Waals surface area contributed by atoms with Crippen LogP contribution in [0.1, 0.15) is 77.6 Å². The third kappa shape index (κ3) is 6.17. The summed E-state index contributed by atoms with van der Waals surface area (Å²) in [6.07, 6.45) is 6.55. The molecule has 0 atom stereocenters. The number of hydrogen-bond donors (Lipinski definition) is 2. The Bertz CT molecular complexity index is 901. The van der Waals surface area contributed by atoms with Crippen LogP contribution < -0.4 is 11.1 Å². The molecule has 2 aromatic carbocycles. The van der Waals surface area contributed by atoms with Gasteiger partial charge < -0.3 is 16.0 Å². The molecule has 1 aliphatic rings. The van der Waals surface area contributed by atoms with Crippen molar-refractivity contribution in [1.82, 2.24) is 4.90 Å². The Labute approximate surface area is 183 Å². The lowest BCUT2D eigenvalue weighted by Gasteiger charge is -2.23. The maximum absolute atomic E-state index is 12.9. The van der Waals surface area contributed by atoms with Gasteiger partial charge in [-0.3, -0.25) is 14.4 Å². The fourth-order valence-corrected chi connectivity index (χ4v) is 4.10. The summed E-state index contributed by atoms with van der Waals surface area (Å²) in [4.78, 5) is 38.0. The molecule has 3 amide bonds. The lowest BCUT2D eigenvalue weighted by molar-refractivity contribution is -0.116. The number of hydrogen-bond acceptors (Lipinski definition) is 3. The van der Waals surface area contributed by atoms with E-state index in [1.807, 2.05) is 19.1 Å². The molecule has 6 heteroatoms. The molecule has 3 N–H and O–H groups in total. The molecule has 0 heterocycles. The van der Waals surface area contributed by atoms with Crippen LogP contribution in [0.2, 0.25) is 0 Å². The lowest BCUT2D eigenvalue weighted by Crippen LogP contribution is -2.33. The fraction of sp³-hybridized carbons (Fsp3) is 0.400. The van der Waals surface area contributed by atoms with Gasteiger partial charge in [0.05, 0.1) is 0 Å². The molecule has 0 spiro atoms. The zero-order valence-corrected chi connectivity index (χ0v) is 18.1. The number of nitrogens with one attached hydrogen (secondary N) is 1. The zero-order valence-electron chi connectivity index (χ0n) is 18.1. The second-order valence-corrected chi connectivity index (χ2v) is 8.08. The van der Waals surface area contributed by atoms with Crippen LogP contribution in [0, 0.1) is 0 Å². The number of anilines is 1. The quantitative estimate of drug-likeness (QED) is 0.665. The number of nitrogens with zero attached hydrogens (tertiary/aromatic N) is 1. The van der Waals surface area contributed by atoms with Crippen molar-refractivity contribution in [2.24, 2.45) is 5.73 Å². The van der Waals surface area contributed by atoms with Crippen molar-refractivity contribution in [2.75, 3.05) is 18.4 Å². The van der Waals surface area contributed by atoms with Gasteiger partial charge in [0.15, 0.2) is 0 Å². The second-order valence-electron chi connectivity index (χ2n) is 8.08. The first-order chi connectivity index (χ1) is 15.0. The highest BCUT2D eigenvalue weighted by Crippen LogP contribution is 2.32. The summed E-state index contributed by atoms with van der Waals surface area (Å²) < 4.78 is 0. The topological polar surface area (TPSA) is 92.5 Å². The Morgan fingerprint density at radius 2 is 1.55 bits per heavy atom. The molecule has 1 aliphatic carbocycles. The molecule has 0 aliphatic heterocycles. The third-order valence-electron chi connectivity index (χ3n) is 5.97. The molecule has 1 fully saturated rings. The van der Waals surface area contributed by atoms with E-state index in [9.17, 15) is 14.4 Å². The van der Waals surface area contributed by atoms with Gasteiger partial charge in [0.2, 0.25) is 11.8 Å². The van der Waals surface area contributed by atoms with Crippen LogP contribution in [0.25, 0.3) is 0 Å². The van der Waals surface area contributed by atoms with E-state index in [-0.39, 0.29) is 18.2 Å². The average molecular weight is 422 g/mol. The van der Waals surface area contributed by atoms with Crippen molar-refractivity contribution in [3.05, 3.63) is 65.2 Å². The molecule has 0 radical (unpaired) electrons. The minimum absolute atomic E-state index is 0.0590. The highest BCUT2D eigenvalue weighted by Gasteiger charge is 2.18. The molecule has 6 nitrogen and oxygen atoms in total. The maximum Gasteiger partial charge on any atom is 0.253 e. The molecule has 2 aromatic rings. The Morgan fingerprint density at radius 3 is 2.13 bits per heavy atom. The summed E-state index contributed by atoms with van der Waals surface area (Å²) in [6.45, 7) is 2.78. The number of rotatable bonds is 8. The predicted molar refractivity (Wildman–Crippen MR) is 122 cm³/mol. The van der Waals surface area contributed by atoms with Crippen molar-refractivity contribution in [2.45, 2.75) is 51.4 Å². The van der Waals surface area contributed by atoms with E-state index in [4.69, 9.17) is 5.73 Å². The molecular weight excluding hydrogens is 390 g/mol. The Morgan fingerprint density at radius 1 is 0.935 bits per heavy atom. The van der Waals surface area contributed by atoms with Gasteiger partial charge in [0.25, 0.3) is 5.91 Å². The van der Waals surface area contributed by atoms with Gasteiger partial charge in [-0.15, -0.1) is 0 Å². The number of carbonyl (C=O) groups excluding carboxylic acids is 3. The SMILES string of the molecule is CCN(CCC(=O)Nc1ccc(C(N)=O)cc1)C(=O)c1ccc(C2CCCCC2)cc1. The van der Waals surface area contributed by atoms with Crippen molar-refractivity contribution >= 4 is 23.4 Å². The van der Waals surface area contributed by atoms with Crippen LogP contribution in [-0.4, -0.2) is 35.7 Å². The third-order valence-corrected chi connectivity index (χ3v) is 5.97. The molecule has 0 bridgehead atoms. The van der Waals surface area contributed by atoms with Crippen LogP contribution in [-0.2, 0) is 4.79 Å². The van der Waals surface area contributed by atoms with Gasteiger partial charge in [0.1, 0.15) is 0 Å². The van der Waals surface area contributed by atoms with Gasteiger partial charge in [0, 0.05) is 36.3 Å². The molecule has 0 unspecified atom stereocenters. The first kappa shape index (κ1) is 22.5. The first-order valence-corrected chi connectivity index (χ1v) is 11.1. The molecule has 31 heavy (non-hydrogen) atoms. The minimum Gasteiger partial charge on any atom is -0.366 e. The maximum atomic E-state index is 12.9. The van der Waals surface area contributed by atoms with Gasteiger partial charge in [-0.2, -0.15) is 0 Å². The van der Waals surface area contributed by atoms with Crippen LogP contribution in [0.4, 0.5) is 5.69 Å². The van der Waals surface area contributed by atoms with Gasteiger partial charge >= 0.3 is 0 Å². The highest BCUT2D eigenvalue weighted by atomic mass is 16.2. The number of primary amides is 1. The van der Waals surface area contributed by atoms with E-state index in [0.29, 0.717) is 35.8 Å². The van der Waals surface area contributed by atoms with E-state index in [1.165, 1.54) is 37.7 Å². The Kier molecular flexibility index (Phi) is 7.82. The summed E-state index contributed by atoms with van der Waals surface area (Å²) in [5, 5.41) is 2.78. The summed E-state index contributed by atoms with van der Waals surface area (Å²) in [7, 11) is 0. The van der Waals surface area contributed by atoms with Gasteiger partial charge in [-0.25, -0.2) is 0 Å². The molecule has 3 rings (SSSR count). The lowest BCUT2D eigenvalue weighted by atomic mass is 9.84. The smallest absolute Gasteiger partial charge is 0.253 e. The number of nitrogens with two attached hydrogens (primary N) is 1. The van der Waals surface area contributed by atoms with Gasteiger partial charge in [-0.1, -0.05) is 31.4 Å². The Balaban J connectivity index is 1.53. The molecule has 1 saturated carbocycles. The van der Waals surface area contributed by atoms with E-state index in [1.54, 1.807) is 29.2 Å². The van der Waals surface area contributed by atoms with Crippen molar-refractivity contribution in [3.63, 3.8) is 0 Å². The van der Waals surface area contributed by atoms with Crippen molar-refractivity contribution < 1.29 is 14.4 Å². The fourth-order valence-electron chi connectivity index (χ4n) is 4.10. The van der Waals surface area contributed by atoms with Crippen LogP contribution in [0.15, 0.2) is 48.5 Å². The molecule has 164 valence electrons. The van der Waals surface area contributed by atoms with Crippen molar-refractivity contribution in [1.29, 1.82) is 0 Å². The molecule has 0 saturated heterocycles. The van der Waals surface area contributed by atoms with E-state index in [2.05, 4.69) is 17.4 Å². The van der Waals surface area contributed by atoms with Crippen LogP contribution in [0.5, 0.6) is 0 Å². The summed E-state index contributed by atoms with van der Waals surface area (Å²) in [5.74, 6) is -0.148. The standard InChI is InChI=1S/C25H31N3O3/c1-2-28(17-16-23(29)27-22-14-12-20(13-15-22)24(26)30)25(31)21-10-8-19(9-11-21)18-6-4-3-5-7-18/h8-15,18H,2-7,16-17H2,1H3,(H2,26,30)(H,27,29). The minimum atomic E-state index is -0.512. The Hall–Kier alpha value is -3.15. The summed E-state index contributed by atoms with van der Waals surface area (Å²) in [5.41, 5.74) is 8.17. The summed E-state index contributed by atoms with van der Waals surface area (Å²) in [6, 6.07) is 14.4. The second kappa shape index (κ2) is 10.8. The summed E-state index contributed by atoms with van der Waals surface area (Å²) >= 11 is 0. The molecule has 0 aromatic heterocycles. The van der Waals surface area contributed by atoms with E-state index < -0.39 is 5.91 Å². The number of carbonyl (C=O) groups is 3. The van der Waals surface area contributed by atoms with E-state index >= 15 is 0 Å². The van der Waals surface area contributed by atoms with Crippen LogP contribution in [0.3, 0.4) is 0 Å². The predicted octanol–water partition coefficient (Wildman–Crippen LogP) is 4.32. The number of benzene rings is 2. The normalized spacial score (nSPS) is 14.1. The largest absolute Gasteiger partial charge is 0.366 e. The molecular formula is C25H31N3O3. The van der Waals surface area contributed by atoms with Gasteiger partial charge in [-0.05, 0) is 67.6 Å². The zero-order chi connectivity index (χ0) is 22.2. The number of amides is 3. The average Bonchev–Trinajstić information content (AvgIpc) is 2.80. The van der Waals surface area contributed by atoms with E-state index in [0.717, 1.165) is 0 Å².